The minimum atomic E-state index is -3.41. The van der Waals surface area contributed by atoms with Gasteiger partial charge >= 0.3 is 6.09 Å². The van der Waals surface area contributed by atoms with Gasteiger partial charge in [-0.3, -0.25) is 4.79 Å². The Morgan fingerprint density at radius 2 is 1.63 bits per heavy atom. The number of hydrogen-bond donors (Lipinski definition) is 0. The van der Waals surface area contributed by atoms with Crippen LogP contribution in [0.25, 0.3) is 0 Å². The number of piperidine rings is 1. The SMILES string of the molecule is Cc1ccc(C(=O)N(C2CC2)C2CCN(C(=O)OC(C)(C)C)CC2)cc1S(C)(=O)=O. The molecule has 0 atom stereocenters. The molecule has 2 fully saturated rings. The zero-order valence-corrected chi connectivity index (χ0v) is 19.3. The fraction of sp³-hybridized carbons (Fsp3) is 0.636. The number of sulfone groups is 1. The predicted octanol–water partition coefficient (Wildman–Crippen LogP) is 3.40. The third-order valence-electron chi connectivity index (χ3n) is 5.52. The monoisotopic (exact) mass is 436 g/mol. The highest BCUT2D eigenvalue weighted by Crippen LogP contribution is 2.34. The lowest BCUT2D eigenvalue weighted by Crippen LogP contribution is -2.50. The van der Waals surface area contributed by atoms with E-state index in [-0.39, 0.29) is 29.0 Å². The summed E-state index contributed by atoms with van der Waals surface area (Å²) in [5, 5.41) is 0. The highest BCUT2D eigenvalue weighted by molar-refractivity contribution is 7.90. The summed E-state index contributed by atoms with van der Waals surface area (Å²) in [6, 6.07) is 5.13. The Morgan fingerprint density at radius 3 is 2.13 bits per heavy atom. The van der Waals surface area contributed by atoms with E-state index in [9.17, 15) is 18.0 Å². The van der Waals surface area contributed by atoms with Crippen LogP contribution in [0.3, 0.4) is 0 Å². The molecule has 166 valence electrons. The molecule has 0 bridgehead atoms. The topological polar surface area (TPSA) is 84.0 Å². The Hall–Kier alpha value is -2.09. The molecule has 0 aromatic heterocycles. The number of amides is 2. The number of benzene rings is 1. The number of carbonyl (C=O) groups excluding carboxylic acids is 2. The van der Waals surface area contributed by atoms with Gasteiger partial charge in [-0.05, 0) is 71.1 Å². The van der Waals surface area contributed by atoms with Crippen molar-refractivity contribution < 1.29 is 22.7 Å². The van der Waals surface area contributed by atoms with Crippen molar-refractivity contribution in [1.82, 2.24) is 9.80 Å². The zero-order chi connectivity index (χ0) is 22.3. The first-order chi connectivity index (χ1) is 13.9. The molecule has 1 aliphatic heterocycles. The Kier molecular flexibility index (Phi) is 6.18. The van der Waals surface area contributed by atoms with E-state index in [0.29, 0.717) is 37.1 Å². The van der Waals surface area contributed by atoms with Gasteiger partial charge in [0.05, 0.1) is 4.90 Å². The van der Waals surface area contributed by atoms with Crippen molar-refractivity contribution in [3.05, 3.63) is 29.3 Å². The Morgan fingerprint density at radius 1 is 1.07 bits per heavy atom. The molecule has 1 heterocycles. The van der Waals surface area contributed by atoms with E-state index in [0.717, 1.165) is 19.1 Å². The zero-order valence-electron chi connectivity index (χ0n) is 18.5. The molecule has 8 heteroatoms. The largest absolute Gasteiger partial charge is 0.444 e. The summed E-state index contributed by atoms with van der Waals surface area (Å²) in [6.45, 7) is 8.35. The van der Waals surface area contributed by atoms with Gasteiger partial charge in [0.2, 0.25) is 0 Å². The third kappa shape index (κ3) is 5.33. The molecular formula is C22H32N2O5S. The minimum Gasteiger partial charge on any atom is -0.444 e. The molecule has 3 rings (SSSR count). The van der Waals surface area contributed by atoms with Crippen LogP contribution in [0.4, 0.5) is 4.79 Å². The lowest BCUT2D eigenvalue weighted by molar-refractivity contribution is 0.0142. The van der Waals surface area contributed by atoms with Gasteiger partial charge in [-0.2, -0.15) is 0 Å². The second-order valence-electron chi connectivity index (χ2n) is 9.39. The van der Waals surface area contributed by atoms with Crippen LogP contribution in [0.1, 0.15) is 62.4 Å². The van der Waals surface area contributed by atoms with Gasteiger partial charge in [-0.15, -0.1) is 0 Å². The van der Waals surface area contributed by atoms with Crippen LogP contribution in [-0.4, -0.2) is 67.2 Å². The first-order valence-electron chi connectivity index (χ1n) is 10.5. The average Bonchev–Trinajstić information content (AvgIpc) is 3.45. The fourth-order valence-electron chi connectivity index (χ4n) is 3.92. The summed E-state index contributed by atoms with van der Waals surface area (Å²) in [5.41, 5.74) is 0.507. The number of carbonyl (C=O) groups is 2. The number of likely N-dealkylation sites (tertiary alicyclic amines) is 1. The molecule has 30 heavy (non-hydrogen) atoms. The van der Waals surface area contributed by atoms with Crippen molar-refractivity contribution in [2.24, 2.45) is 0 Å². The molecule has 1 aromatic carbocycles. The smallest absolute Gasteiger partial charge is 0.410 e. The quantitative estimate of drug-likeness (QED) is 0.722. The van der Waals surface area contributed by atoms with E-state index in [1.54, 1.807) is 24.0 Å². The van der Waals surface area contributed by atoms with Crippen molar-refractivity contribution in [3.63, 3.8) is 0 Å². The van der Waals surface area contributed by atoms with Crippen molar-refractivity contribution in [1.29, 1.82) is 0 Å². The normalized spacial score (nSPS) is 18.2. The van der Waals surface area contributed by atoms with E-state index < -0.39 is 15.4 Å². The summed E-state index contributed by atoms with van der Waals surface area (Å²) in [5.74, 6) is -0.127. The van der Waals surface area contributed by atoms with Gasteiger partial charge in [-0.25, -0.2) is 13.2 Å². The molecule has 2 amide bonds. The van der Waals surface area contributed by atoms with Crippen molar-refractivity contribution in [2.45, 2.75) is 76.0 Å². The van der Waals surface area contributed by atoms with Gasteiger partial charge in [0.1, 0.15) is 5.60 Å². The van der Waals surface area contributed by atoms with Crippen LogP contribution < -0.4 is 0 Å². The molecule has 1 saturated carbocycles. The molecule has 0 spiro atoms. The highest BCUT2D eigenvalue weighted by Gasteiger charge is 2.40. The maximum atomic E-state index is 13.3. The summed E-state index contributed by atoms with van der Waals surface area (Å²) >= 11 is 0. The van der Waals surface area contributed by atoms with Gasteiger partial charge in [-0.1, -0.05) is 6.07 Å². The van der Waals surface area contributed by atoms with Crippen LogP contribution in [0.2, 0.25) is 0 Å². The van der Waals surface area contributed by atoms with Gasteiger partial charge in [0.25, 0.3) is 5.91 Å². The van der Waals surface area contributed by atoms with Crippen LogP contribution in [-0.2, 0) is 14.6 Å². The van der Waals surface area contributed by atoms with E-state index in [1.807, 2.05) is 25.7 Å². The third-order valence-corrected chi connectivity index (χ3v) is 6.76. The van der Waals surface area contributed by atoms with Gasteiger partial charge < -0.3 is 14.5 Å². The summed E-state index contributed by atoms with van der Waals surface area (Å²) in [6.07, 6.45) is 4.14. The van der Waals surface area contributed by atoms with E-state index in [1.165, 1.54) is 6.07 Å². The lowest BCUT2D eigenvalue weighted by Gasteiger charge is -2.39. The Balaban J connectivity index is 1.74. The van der Waals surface area contributed by atoms with E-state index in [2.05, 4.69) is 0 Å². The minimum absolute atomic E-state index is 0.0340. The molecule has 2 aliphatic rings. The summed E-state index contributed by atoms with van der Waals surface area (Å²) in [4.78, 5) is 29.5. The Labute approximate surface area is 179 Å². The second-order valence-corrected chi connectivity index (χ2v) is 11.4. The van der Waals surface area contributed by atoms with Crippen molar-refractivity contribution in [3.8, 4) is 0 Å². The van der Waals surface area contributed by atoms with Crippen LogP contribution in [0.15, 0.2) is 23.1 Å². The molecule has 1 aliphatic carbocycles. The molecule has 0 N–H and O–H groups in total. The van der Waals surface area contributed by atoms with Crippen molar-refractivity contribution in [2.75, 3.05) is 19.3 Å². The van der Waals surface area contributed by atoms with Gasteiger partial charge in [0.15, 0.2) is 9.84 Å². The predicted molar refractivity (Wildman–Crippen MR) is 114 cm³/mol. The number of hydrogen-bond acceptors (Lipinski definition) is 5. The maximum absolute atomic E-state index is 13.3. The van der Waals surface area contributed by atoms with Crippen LogP contribution in [0, 0.1) is 6.92 Å². The highest BCUT2D eigenvalue weighted by atomic mass is 32.2. The lowest BCUT2D eigenvalue weighted by atomic mass is 10.0. The van der Waals surface area contributed by atoms with E-state index in [4.69, 9.17) is 4.74 Å². The first kappa shape index (κ1) is 22.6. The summed E-state index contributed by atoms with van der Waals surface area (Å²) in [7, 11) is -3.41. The molecule has 0 radical (unpaired) electrons. The average molecular weight is 437 g/mol. The first-order valence-corrected chi connectivity index (χ1v) is 12.4. The Bertz CT molecular complexity index is 923. The summed E-state index contributed by atoms with van der Waals surface area (Å²) < 4.78 is 29.6. The maximum Gasteiger partial charge on any atom is 0.410 e. The van der Waals surface area contributed by atoms with Crippen LogP contribution in [0.5, 0.6) is 0 Å². The molecule has 0 unspecified atom stereocenters. The number of aryl methyl sites for hydroxylation is 1. The van der Waals surface area contributed by atoms with Gasteiger partial charge in [0, 0.05) is 37.0 Å². The molecule has 1 aromatic rings. The number of nitrogens with zero attached hydrogens (tertiary/aromatic N) is 2. The number of rotatable bonds is 4. The van der Waals surface area contributed by atoms with Crippen LogP contribution >= 0.6 is 0 Å². The molecular weight excluding hydrogens is 404 g/mol. The fourth-order valence-corrected chi connectivity index (χ4v) is 4.91. The standard InChI is InChI=1S/C22H32N2O5S/c1-15-6-7-16(14-19(15)30(5,27)28)20(25)24(17-8-9-17)18-10-12-23(13-11-18)21(26)29-22(2,3)4/h6-7,14,17-18H,8-13H2,1-5H3. The van der Waals surface area contributed by atoms with Crippen molar-refractivity contribution >= 4 is 21.8 Å². The second kappa shape index (κ2) is 8.21. The molecule has 7 nitrogen and oxygen atoms in total. The number of ether oxygens (including phenoxy) is 1. The van der Waals surface area contributed by atoms with E-state index >= 15 is 0 Å². The molecule has 1 saturated heterocycles.